The van der Waals surface area contributed by atoms with Crippen molar-refractivity contribution in [1.29, 1.82) is 0 Å². The van der Waals surface area contributed by atoms with Crippen LogP contribution in [0.3, 0.4) is 0 Å². The Morgan fingerprint density at radius 3 is 2.58 bits per heavy atom. The number of piperidine rings is 1. The molecule has 3 fully saturated rings. The Morgan fingerprint density at radius 1 is 1.12 bits per heavy atom. The quantitative estimate of drug-likeness (QED) is 0.590. The standard InChI is InChI=1S/C26H34ClN3O2S/c1-3-29-14-12-18(13-15-29)28(2)25(31)21-16-17-8-4-6-10-20(17)30(21)26(32)24-23(27)19-9-5-7-11-22(19)33-24/h5,7,9,11,17-18,20-21H,3-4,6,8,10,12-16H2,1-2H3/t17-,20+,21+/m1/s1. The van der Waals surface area contributed by atoms with Crippen LogP contribution in [0.5, 0.6) is 0 Å². The molecule has 2 aliphatic heterocycles. The van der Waals surface area contributed by atoms with Crippen LogP contribution in [-0.4, -0.2) is 71.3 Å². The van der Waals surface area contributed by atoms with Gasteiger partial charge in [0.2, 0.25) is 5.91 Å². The number of thiophene rings is 1. The third-order valence-corrected chi connectivity index (χ3v) is 9.90. The van der Waals surface area contributed by atoms with Crippen LogP contribution in [0.1, 0.15) is 61.5 Å². The van der Waals surface area contributed by atoms with Crippen molar-refractivity contribution in [2.75, 3.05) is 26.7 Å². The van der Waals surface area contributed by atoms with Crippen LogP contribution in [0.25, 0.3) is 10.1 Å². The molecule has 2 saturated heterocycles. The Balaban J connectivity index is 1.42. The number of rotatable bonds is 4. The second kappa shape index (κ2) is 9.55. The second-order valence-corrected chi connectivity index (χ2v) is 11.4. The molecule has 0 spiro atoms. The lowest BCUT2D eigenvalue weighted by Gasteiger charge is -2.39. The summed E-state index contributed by atoms with van der Waals surface area (Å²) in [6.07, 6.45) is 7.21. The van der Waals surface area contributed by atoms with E-state index < -0.39 is 0 Å². The Hall–Kier alpha value is -1.63. The van der Waals surface area contributed by atoms with Gasteiger partial charge in [-0.2, -0.15) is 0 Å². The Labute approximate surface area is 205 Å². The minimum atomic E-state index is -0.374. The number of likely N-dealkylation sites (N-methyl/N-ethyl adjacent to an activating group) is 1. The average molecular weight is 488 g/mol. The molecule has 1 aromatic heterocycles. The number of hydrogen-bond donors (Lipinski definition) is 0. The molecule has 1 aromatic carbocycles. The van der Waals surface area contributed by atoms with E-state index in [-0.39, 0.29) is 29.9 Å². The predicted molar refractivity (Wildman–Crippen MR) is 135 cm³/mol. The molecule has 3 aliphatic rings. The molecule has 3 heterocycles. The average Bonchev–Trinajstić information content (AvgIpc) is 3.41. The highest BCUT2D eigenvalue weighted by Crippen LogP contribution is 2.44. The van der Waals surface area contributed by atoms with Gasteiger partial charge in [0, 0.05) is 42.3 Å². The molecule has 1 aliphatic carbocycles. The molecular formula is C26H34ClN3O2S. The van der Waals surface area contributed by atoms with Gasteiger partial charge in [0.05, 0.1) is 5.02 Å². The summed E-state index contributed by atoms with van der Waals surface area (Å²) in [6, 6.07) is 7.94. The highest BCUT2D eigenvalue weighted by atomic mass is 35.5. The largest absolute Gasteiger partial charge is 0.341 e. The van der Waals surface area contributed by atoms with Crippen LogP contribution in [-0.2, 0) is 4.79 Å². The van der Waals surface area contributed by atoms with Crippen LogP contribution in [0.2, 0.25) is 5.02 Å². The first-order valence-corrected chi connectivity index (χ1v) is 13.7. The van der Waals surface area contributed by atoms with Crippen LogP contribution < -0.4 is 0 Å². The third kappa shape index (κ3) is 4.19. The first-order valence-electron chi connectivity index (χ1n) is 12.5. The summed E-state index contributed by atoms with van der Waals surface area (Å²) in [5.74, 6) is 0.480. The van der Waals surface area contributed by atoms with Gasteiger partial charge in [-0.1, -0.05) is 49.6 Å². The van der Waals surface area contributed by atoms with Crippen LogP contribution >= 0.6 is 22.9 Å². The lowest BCUT2D eigenvalue weighted by molar-refractivity contribution is -0.137. The lowest BCUT2D eigenvalue weighted by Crippen LogP contribution is -2.53. The number of fused-ring (bicyclic) bond motifs is 2. The molecule has 5 nitrogen and oxygen atoms in total. The Bertz CT molecular complexity index is 1030. The highest BCUT2D eigenvalue weighted by molar-refractivity contribution is 7.21. The van der Waals surface area contributed by atoms with Gasteiger partial charge in [-0.05, 0) is 50.6 Å². The second-order valence-electron chi connectivity index (χ2n) is 9.93. The van der Waals surface area contributed by atoms with E-state index in [0.29, 0.717) is 15.8 Å². The smallest absolute Gasteiger partial charge is 0.266 e. The minimum absolute atomic E-state index is 0.0526. The molecule has 1 saturated carbocycles. The number of halogens is 1. The van der Waals surface area contributed by atoms with Gasteiger partial charge in [0.1, 0.15) is 10.9 Å². The van der Waals surface area contributed by atoms with Crippen molar-refractivity contribution in [3.63, 3.8) is 0 Å². The summed E-state index contributed by atoms with van der Waals surface area (Å²) in [5, 5.41) is 1.46. The van der Waals surface area contributed by atoms with Gasteiger partial charge in [-0.3, -0.25) is 9.59 Å². The number of likely N-dealkylation sites (tertiary alicyclic amines) is 2. The van der Waals surface area contributed by atoms with Crippen molar-refractivity contribution < 1.29 is 9.59 Å². The van der Waals surface area contributed by atoms with Crippen molar-refractivity contribution in [1.82, 2.24) is 14.7 Å². The van der Waals surface area contributed by atoms with Crippen molar-refractivity contribution in [3.05, 3.63) is 34.2 Å². The van der Waals surface area contributed by atoms with E-state index in [9.17, 15) is 9.59 Å². The molecule has 0 bridgehead atoms. The number of benzene rings is 1. The summed E-state index contributed by atoms with van der Waals surface area (Å²) in [7, 11) is 1.95. The van der Waals surface area contributed by atoms with E-state index in [4.69, 9.17) is 11.6 Å². The molecule has 33 heavy (non-hydrogen) atoms. The van der Waals surface area contributed by atoms with Crippen LogP contribution in [0.4, 0.5) is 0 Å². The highest BCUT2D eigenvalue weighted by Gasteiger charge is 2.49. The van der Waals surface area contributed by atoms with Gasteiger partial charge in [0.15, 0.2) is 0 Å². The fourth-order valence-electron chi connectivity index (χ4n) is 6.28. The first kappa shape index (κ1) is 23.1. The van der Waals surface area contributed by atoms with E-state index in [1.54, 1.807) is 0 Å². The van der Waals surface area contributed by atoms with Gasteiger partial charge in [0.25, 0.3) is 5.91 Å². The molecule has 5 rings (SSSR count). The van der Waals surface area contributed by atoms with Crippen molar-refractivity contribution in [2.24, 2.45) is 5.92 Å². The normalized spacial score (nSPS) is 26.5. The SMILES string of the molecule is CCN1CCC(N(C)C(=O)[C@@H]2C[C@H]3CCCC[C@@H]3N2C(=O)c2sc3ccccc3c2Cl)CC1. The zero-order valence-electron chi connectivity index (χ0n) is 19.6. The molecule has 3 atom stereocenters. The summed E-state index contributed by atoms with van der Waals surface area (Å²) in [4.78, 5) is 34.7. The first-order chi connectivity index (χ1) is 16.0. The monoisotopic (exact) mass is 487 g/mol. The number of carbonyl (C=O) groups excluding carboxylic acids is 2. The van der Waals surface area contributed by atoms with Crippen LogP contribution in [0, 0.1) is 5.92 Å². The van der Waals surface area contributed by atoms with Gasteiger partial charge >= 0.3 is 0 Å². The summed E-state index contributed by atoms with van der Waals surface area (Å²) < 4.78 is 1.02. The zero-order chi connectivity index (χ0) is 23.1. The van der Waals surface area contributed by atoms with Crippen molar-refractivity contribution in [3.8, 4) is 0 Å². The third-order valence-electron chi connectivity index (χ3n) is 8.24. The molecule has 7 heteroatoms. The molecule has 0 radical (unpaired) electrons. The molecule has 0 N–H and O–H groups in total. The Kier molecular flexibility index (Phi) is 6.69. The fraction of sp³-hybridized carbons (Fsp3) is 0.615. The van der Waals surface area contributed by atoms with Crippen molar-refractivity contribution >= 4 is 44.8 Å². The van der Waals surface area contributed by atoms with Crippen molar-refractivity contribution in [2.45, 2.75) is 70.0 Å². The molecule has 178 valence electrons. The maximum absolute atomic E-state index is 14.0. The maximum Gasteiger partial charge on any atom is 0.266 e. The fourth-order valence-corrected chi connectivity index (χ4v) is 7.74. The summed E-state index contributed by atoms with van der Waals surface area (Å²) in [5.41, 5.74) is 0. The lowest BCUT2D eigenvalue weighted by atomic mass is 9.84. The molecule has 2 amide bonds. The number of amides is 2. The van der Waals surface area contributed by atoms with E-state index in [0.717, 1.165) is 68.2 Å². The van der Waals surface area contributed by atoms with E-state index in [1.165, 1.54) is 17.8 Å². The van der Waals surface area contributed by atoms with Crippen LogP contribution in [0.15, 0.2) is 24.3 Å². The number of hydrogen-bond acceptors (Lipinski definition) is 4. The predicted octanol–water partition coefficient (Wildman–Crippen LogP) is 5.27. The zero-order valence-corrected chi connectivity index (χ0v) is 21.2. The number of nitrogens with zero attached hydrogens (tertiary/aromatic N) is 3. The summed E-state index contributed by atoms with van der Waals surface area (Å²) in [6.45, 7) is 5.33. The van der Waals surface area contributed by atoms with Gasteiger partial charge in [-0.15, -0.1) is 11.3 Å². The number of carbonyl (C=O) groups is 2. The van der Waals surface area contributed by atoms with E-state index >= 15 is 0 Å². The molecular weight excluding hydrogens is 454 g/mol. The van der Waals surface area contributed by atoms with E-state index in [1.807, 2.05) is 41.1 Å². The summed E-state index contributed by atoms with van der Waals surface area (Å²) >= 11 is 8.17. The molecule has 0 unspecified atom stereocenters. The minimum Gasteiger partial charge on any atom is -0.341 e. The van der Waals surface area contributed by atoms with Gasteiger partial charge < -0.3 is 14.7 Å². The molecule has 2 aromatic rings. The maximum atomic E-state index is 14.0. The topological polar surface area (TPSA) is 43.9 Å². The van der Waals surface area contributed by atoms with Gasteiger partial charge in [-0.25, -0.2) is 0 Å². The Morgan fingerprint density at radius 2 is 1.85 bits per heavy atom. The van der Waals surface area contributed by atoms with E-state index in [2.05, 4.69) is 11.8 Å².